The first-order chi connectivity index (χ1) is 13.2. The van der Waals surface area contributed by atoms with Crippen LogP contribution in [0.1, 0.15) is 31.1 Å². The minimum absolute atomic E-state index is 0.0550. The smallest absolute Gasteiger partial charge is 0.238 e. The lowest BCUT2D eigenvalue weighted by Gasteiger charge is -2.33. The van der Waals surface area contributed by atoms with Crippen LogP contribution in [0.5, 0.6) is 0 Å². The van der Waals surface area contributed by atoms with Crippen LogP contribution in [0.4, 0.5) is 5.69 Å². The maximum atomic E-state index is 12.2. The Hall–Kier alpha value is -1.88. The molecule has 1 aromatic carbocycles. The zero-order valence-corrected chi connectivity index (χ0v) is 17.3. The summed E-state index contributed by atoms with van der Waals surface area (Å²) in [5.41, 5.74) is 0.337. The van der Waals surface area contributed by atoms with E-state index in [2.05, 4.69) is 10.2 Å². The third-order valence-electron chi connectivity index (χ3n) is 4.87. The van der Waals surface area contributed by atoms with Crippen LogP contribution in [-0.4, -0.2) is 47.6 Å². The minimum atomic E-state index is -4.00. The fourth-order valence-corrected chi connectivity index (χ4v) is 4.95. The first kappa shape index (κ1) is 20.8. The fraction of sp³-hybridized carbons (Fsp3) is 0.444. The van der Waals surface area contributed by atoms with Crippen molar-refractivity contribution in [1.82, 2.24) is 4.90 Å². The monoisotopic (exact) mass is 427 g/mol. The van der Waals surface area contributed by atoms with Crippen molar-refractivity contribution < 1.29 is 21.3 Å². The Labute approximate surface area is 165 Å². The van der Waals surface area contributed by atoms with Crippen molar-refractivity contribution in [3.63, 3.8) is 0 Å². The molecule has 2 aromatic rings. The number of nitrogens with two attached hydrogens (primary N) is 1. The molecule has 1 atom stereocenters. The molecule has 0 saturated carbocycles. The molecule has 0 spiro atoms. The van der Waals surface area contributed by atoms with E-state index < -0.39 is 19.9 Å². The van der Waals surface area contributed by atoms with Crippen molar-refractivity contribution in [2.24, 2.45) is 5.14 Å². The second kappa shape index (κ2) is 8.24. The number of sulfonamides is 1. The molecule has 0 amide bonds. The molecule has 1 aromatic heterocycles. The van der Waals surface area contributed by atoms with E-state index in [9.17, 15) is 16.8 Å². The van der Waals surface area contributed by atoms with E-state index in [4.69, 9.17) is 9.56 Å². The molecule has 1 aliphatic heterocycles. The molecule has 0 radical (unpaired) electrons. The highest BCUT2D eigenvalue weighted by Crippen LogP contribution is 2.28. The number of piperidine rings is 1. The van der Waals surface area contributed by atoms with Gasteiger partial charge in [-0.3, -0.25) is 4.90 Å². The summed E-state index contributed by atoms with van der Waals surface area (Å²) in [5.74, 6) is 0.802. The molecule has 1 unspecified atom stereocenters. The number of sulfone groups is 1. The van der Waals surface area contributed by atoms with Crippen LogP contribution in [0, 0.1) is 0 Å². The summed E-state index contributed by atoms with van der Waals surface area (Å²) in [5, 5.41) is 8.31. The molecule has 3 rings (SSSR count). The minimum Gasteiger partial charge on any atom is -0.468 e. The van der Waals surface area contributed by atoms with Gasteiger partial charge in [0.25, 0.3) is 0 Å². The maximum absolute atomic E-state index is 12.2. The zero-order valence-electron chi connectivity index (χ0n) is 15.7. The number of nitrogens with zero attached hydrogens (tertiary/aromatic N) is 1. The van der Waals surface area contributed by atoms with Gasteiger partial charge in [-0.15, -0.1) is 0 Å². The average Bonchev–Trinajstić information content (AvgIpc) is 3.15. The number of furan rings is 1. The molecular formula is C18H25N3O5S2. The summed E-state index contributed by atoms with van der Waals surface area (Å²) >= 11 is 0. The maximum Gasteiger partial charge on any atom is 0.238 e. The zero-order chi connectivity index (χ0) is 20.4. The largest absolute Gasteiger partial charge is 0.468 e. The SMILES string of the molecule is CS(=O)(=O)c1cc(S(N)(=O)=O)ccc1NCC(c1ccco1)N1CCCCC1. The quantitative estimate of drug-likeness (QED) is 0.692. The number of rotatable bonds is 7. The van der Waals surface area contributed by atoms with E-state index in [0.29, 0.717) is 12.2 Å². The van der Waals surface area contributed by atoms with Crippen LogP contribution >= 0.6 is 0 Å². The number of benzene rings is 1. The molecule has 0 bridgehead atoms. The van der Waals surface area contributed by atoms with Crippen LogP contribution in [-0.2, 0) is 19.9 Å². The lowest BCUT2D eigenvalue weighted by molar-refractivity contribution is 0.153. The molecular weight excluding hydrogens is 402 g/mol. The second-order valence-corrected chi connectivity index (χ2v) is 10.5. The van der Waals surface area contributed by atoms with Gasteiger partial charge in [0.1, 0.15) is 5.76 Å². The summed E-state index contributed by atoms with van der Waals surface area (Å²) in [4.78, 5) is 1.97. The van der Waals surface area contributed by atoms with Crippen LogP contribution in [0.15, 0.2) is 50.8 Å². The van der Waals surface area contributed by atoms with E-state index in [0.717, 1.165) is 44.0 Å². The molecule has 8 nitrogen and oxygen atoms in total. The Kier molecular flexibility index (Phi) is 6.13. The summed E-state index contributed by atoms with van der Waals surface area (Å²) in [7, 11) is -7.66. The van der Waals surface area contributed by atoms with Crippen molar-refractivity contribution in [3.8, 4) is 0 Å². The predicted molar refractivity (Wildman–Crippen MR) is 106 cm³/mol. The van der Waals surface area contributed by atoms with Crippen molar-refractivity contribution in [1.29, 1.82) is 0 Å². The number of hydrogen-bond acceptors (Lipinski definition) is 7. The first-order valence-corrected chi connectivity index (χ1v) is 12.5. The topological polar surface area (TPSA) is 123 Å². The Morgan fingerprint density at radius 1 is 1.14 bits per heavy atom. The summed E-state index contributed by atoms with van der Waals surface area (Å²) in [6, 6.07) is 7.51. The van der Waals surface area contributed by atoms with Gasteiger partial charge in [0.15, 0.2) is 9.84 Å². The van der Waals surface area contributed by atoms with Crippen LogP contribution < -0.4 is 10.5 Å². The van der Waals surface area contributed by atoms with Crippen molar-refractivity contribution in [3.05, 3.63) is 42.4 Å². The molecule has 154 valence electrons. The normalized spacial score (nSPS) is 17.4. The summed E-state index contributed by atoms with van der Waals surface area (Å²) < 4.78 is 53.2. The van der Waals surface area contributed by atoms with E-state index in [1.807, 2.05) is 12.1 Å². The molecule has 28 heavy (non-hydrogen) atoms. The Balaban J connectivity index is 1.89. The van der Waals surface area contributed by atoms with Gasteiger partial charge in [-0.1, -0.05) is 6.42 Å². The molecule has 1 fully saturated rings. The molecule has 2 heterocycles. The standard InChI is InChI=1S/C18H25N3O5S2/c1-27(22,23)18-12-14(28(19,24)25)7-8-15(18)20-13-16(17-6-5-11-26-17)21-9-3-2-4-10-21/h5-8,11-12,16,20H,2-4,9-10,13H2,1H3,(H2,19,24,25). The van der Waals surface area contributed by atoms with Crippen molar-refractivity contribution in [2.75, 3.05) is 31.2 Å². The Morgan fingerprint density at radius 2 is 1.86 bits per heavy atom. The molecule has 1 saturated heterocycles. The molecule has 1 aliphatic rings. The van der Waals surface area contributed by atoms with Gasteiger partial charge in [-0.2, -0.15) is 0 Å². The number of primary sulfonamides is 1. The van der Waals surface area contributed by atoms with Crippen LogP contribution in [0.2, 0.25) is 0 Å². The van der Waals surface area contributed by atoms with E-state index in [1.54, 1.807) is 6.26 Å². The van der Waals surface area contributed by atoms with Crippen molar-refractivity contribution in [2.45, 2.75) is 35.1 Å². The highest BCUT2D eigenvalue weighted by molar-refractivity contribution is 7.91. The third kappa shape index (κ3) is 4.93. The Bertz CT molecular complexity index is 1010. The Morgan fingerprint density at radius 3 is 2.43 bits per heavy atom. The third-order valence-corrected chi connectivity index (χ3v) is 6.92. The number of hydrogen-bond donors (Lipinski definition) is 2. The number of likely N-dealkylation sites (tertiary alicyclic amines) is 1. The fourth-order valence-electron chi connectivity index (χ4n) is 3.46. The van der Waals surface area contributed by atoms with Gasteiger partial charge in [0.2, 0.25) is 10.0 Å². The second-order valence-electron chi connectivity index (χ2n) is 6.98. The predicted octanol–water partition coefficient (Wildman–Crippen LogP) is 1.97. The lowest BCUT2D eigenvalue weighted by Crippen LogP contribution is -2.37. The highest BCUT2D eigenvalue weighted by Gasteiger charge is 2.25. The van der Waals surface area contributed by atoms with Gasteiger partial charge in [0.05, 0.1) is 27.8 Å². The molecule has 10 heteroatoms. The average molecular weight is 428 g/mol. The van der Waals surface area contributed by atoms with Gasteiger partial charge in [-0.05, 0) is 56.3 Å². The highest BCUT2D eigenvalue weighted by atomic mass is 32.2. The van der Waals surface area contributed by atoms with Gasteiger partial charge in [0, 0.05) is 12.8 Å². The van der Waals surface area contributed by atoms with E-state index in [1.165, 1.54) is 18.6 Å². The summed E-state index contributed by atoms with van der Waals surface area (Å²) in [6.45, 7) is 2.30. The molecule has 0 aliphatic carbocycles. The van der Waals surface area contributed by atoms with Gasteiger partial charge < -0.3 is 9.73 Å². The van der Waals surface area contributed by atoms with Crippen LogP contribution in [0.3, 0.4) is 0 Å². The van der Waals surface area contributed by atoms with Gasteiger partial charge >= 0.3 is 0 Å². The summed E-state index contributed by atoms with van der Waals surface area (Å²) in [6.07, 6.45) is 6.07. The van der Waals surface area contributed by atoms with Crippen molar-refractivity contribution >= 4 is 25.5 Å². The van der Waals surface area contributed by atoms with E-state index >= 15 is 0 Å². The van der Waals surface area contributed by atoms with Gasteiger partial charge in [-0.25, -0.2) is 22.0 Å². The number of anilines is 1. The molecule has 3 N–H and O–H groups in total. The van der Waals surface area contributed by atoms with Crippen LogP contribution in [0.25, 0.3) is 0 Å². The first-order valence-electron chi connectivity index (χ1n) is 9.04. The number of nitrogens with one attached hydrogen (secondary N) is 1. The van der Waals surface area contributed by atoms with E-state index in [-0.39, 0.29) is 15.8 Å². The lowest BCUT2D eigenvalue weighted by atomic mass is 10.1.